The Bertz CT molecular complexity index is 2840. The van der Waals surface area contributed by atoms with Crippen LogP contribution in [0.3, 0.4) is 0 Å². The van der Waals surface area contributed by atoms with Crippen LogP contribution in [0.5, 0.6) is 0 Å². The molecule has 0 radical (unpaired) electrons. The fraction of sp³-hybridized carbons (Fsp3) is 0.273. The standard InChI is InChI=1S/C55H46Br4O15/c1-64-54-47(65-28-31-8-4-2-5-9-31)45(44-42(68-54)30-67-53(73-44)36-10-6-3-7-11-36)74-55-48(72-52(63)35-18-26-40(59)27-19-35)46(71-51(62)34-16-24-39(58)25-17-34)43(70-50(61)33-14-22-38(57)23-15-33)41(69-55)29-66-49(60)32-12-20-37(56)21-13-32/h2-27,41-48,53-55H,28-30H2,1H3/t41-,42-,43-,44-,45+,46+,47-,48-,53-,54-,55+/m1/s1. The van der Waals surface area contributed by atoms with Gasteiger partial charge in [0.1, 0.15) is 37.1 Å². The molecule has 0 saturated carbocycles. The Morgan fingerprint density at radius 3 is 1.49 bits per heavy atom. The third-order valence-electron chi connectivity index (χ3n) is 12.2. The van der Waals surface area contributed by atoms with Gasteiger partial charge in [0.2, 0.25) is 0 Å². The molecule has 11 atom stereocenters. The van der Waals surface area contributed by atoms with Gasteiger partial charge in [0, 0.05) is 30.6 Å². The van der Waals surface area contributed by atoms with Crippen molar-refractivity contribution in [3.8, 4) is 0 Å². The van der Waals surface area contributed by atoms with Crippen molar-refractivity contribution in [3.63, 3.8) is 0 Å². The molecule has 3 aliphatic heterocycles. The highest BCUT2D eigenvalue weighted by molar-refractivity contribution is 9.11. The van der Waals surface area contributed by atoms with E-state index in [1.807, 2.05) is 60.7 Å². The van der Waals surface area contributed by atoms with E-state index in [1.54, 1.807) is 60.7 Å². The highest BCUT2D eigenvalue weighted by Gasteiger charge is 2.58. The number of esters is 4. The SMILES string of the molecule is CO[C@@H]1O[C@@H]2CO[C@@H](c3ccccc3)O[C@H]2[C@H](O[C@@H]2O[C@H](COC(=O)c3ccc(Br)cc3)[C@@H](OC(=O)c3ccc(Br)cc3)[C@H](OC(=O)c3ccc(Br)cc3)[C@H]2OC(=O)c2ccc(Br)cc2)[C@H]1OCc1ccccc1. The number of fused-ring (bicyclic) bond motifs is 1. The number of benzene rings is 6. The van der Waals surface area contributed by atoms with E-state index in [9.17, 15) is 19.2 Å². The molecule has 3 aliphatic rings. The van der Waals surface area contributed by atoms with E-state index < -0.39 is 98.2 Å². The molecule has 0 amide bonds. The molecule has 0 N–H and O–H groups in total. The van der Waals surface area contributed by atoms with Crippen LogP contribution in [0.2, 0.25) is 0 Å². The Morgan fingerprint density at radius 2 is 0.973 bits per heavy atom. The van der Waals surface area contributed by atoms with Crippen LogP contribution in [0.1, 0.15) is 58.8 Å². The molecule has 0 spiro atoms. The van der Waals surface area contributed by atoms with Crippen LogP contribution in [0.25, 0.3) is 0 Å². The molecule has 19 heteroatoms. The molecular weight excluding hydrogens is 1220 g/mol. The first-order valence-electron chi connectivity index (χ1n) is 23.2. The van der Waals surface area contributed by atoms with Gasteiger partial charge in [0.15, 0.2) is 37.2 Å². The zero-order chi connectivity index (χ0) is 51.7. The van der Waals surface area contributed by atoms with Crippen LogP contribution in [-0.4, -0.2) is 106 Å². The molecule has 9 rings (SSSR count). The van der Waals surface area contributed by atoms with Crippen molar-refractivity contribution >= 4 is 87.6 Å². The molecule has 0 aromatic heterocycles. The number of carbonyl (C=O) groups excluding carboxylic acids is 4. The summed E-state index contributed by atoms with van der Waals surface area (Å²) in [6, 6.07) is 44.2. The van der Waals surface area contributed by atoms with Crippen molar-refractivity contribution in [2.24, 2.45) is 0 Å². The molecule has 3 heterocycles. The predicted molar refractivity (Wildman–Crippen MR) is 279 cm³/mol. The number of rotatable bonds is 16. The summed E-state index contributed by atoms with van der Waals surface area (Å²) in [4.78, 5) is 57.1. The van der Waals surface area contributed by atoms with Crippen LogP contribution < -0.4 is 0 Å². The van der Waals surface area contributed by atoms with Crippen LogP contribution in [0.4, 0.5) is 0 Å². The van der Waals surface area contributed by atoms with Gasteiger partial charge in [-0.15, -0.1) is 0 Å². The minimum Gasteiger partial charge on any atom is -0.459 e. The predicted octanol–water partition coefficient (Wildman–Crippen LogP) is 10.8. The Hall–Kier alpha value is -5.16. The van der Waals surface area contributed by atoms with E-state index in [-0.39, 0.29) is 35.5 Å². The number of hydrogen-bond acceptors (Lipinski definition) is 15. The van der Waals surface area contributed by atoms with Gasteiger partial charge >= 0.3 is 23.9 Å². The van der Waals surface area contributed by atoms with Gasteiger partial charge in [0.05, 0.1) is 35.5 Å². The molecule has 74 heavy (non-hydrogen) atoms. The number of carbonyl (C=O) groups is 4. The lowest BCUT2D eigenvalue weighted by Gasteiger charge is -2.51. The Kier molecular flexibility index (Phi) is 18.2. The maximum atomic E-state index is 14.5. The smallest absolute Gasteiger partial charge is 0.338 e. The maximum absolute atomic E-state index is 14.5. The van der Waals surface area contributed by atoms with Gasteiger partial charge in [-0.05, 0) is 103 Å². The Morgan fingerprint density at radius 1 is 0.500 bits per heavy atom. The topological polar surface area (TPSA) is 170 Å². The lowest BCUT2D eigenvalue weighted by atomic mass is 9.95. The Balaban J connectivity index is 1.16. The van der Waals surface area contributed by atoms with Crippen LogP contribution >= 0.6 is 63.7 Å². The summed E-state index contributed by atoms with van der Waals surface area (Å²) < 4.78 is 73.8. The van der Waals surface area contributed by atoms with E-state index in [4.69, 9.17) is 52.1 Å². The molecule has 3 fully saturated rings. The number of halogens is 4. The number of hydrogen-bond donors (Lipinski definition) is 0. The maximum Gasteiger partial charge on any atom is 0.338 e. The first kappa shape index (κ1) is 53.7. The highest BCUT2D eigenvalue weighted by atomic mass is 79.9. The molecule has 384 valence electrons. The van der Waals surface area contributed by atoms with Crippen LogP contribution in [0.15, 0.2) is 176 Å². The van der Waals surface area contributed by atoms with Crippen molar-refractivity contribution in [2.45, 2.75) is 74.3 Å². The molecular formula is C55H46Br4O15. The molecule has 3 saturated heterocycles. The van der Waals surface area contributed by atoms with E-state index in [0.29, 0.717) is 19.0 Å². The first-order valence-corrected chi connectivity index (χ1v) is 26.4. The normalized spacial score (nSPS) is 25.4. The fourth-order valence-electron chi connectivity index (χ4n) is 8.45. The van der Waals surface area contributed by atoms with Gasteiger partial charge in [0.25, 0.3) is 0 Å². The van der Waals surface area contributed by atoms with E-state index in [0.717, 1.165) is 10.0 Å². The van der Waals surface area contributed by atoms with E-state index in [1.165, 1.54) is 43.5 Å². The lowest BCUT2D eigenvalue weighted by molar-refractivity contribution is -0.394. The van der Waals surface area contributed by atoms with Gasteiger partial charge in [-0.2, -0.15) is 0 Å². The summed E-state index contributed by atoms with van der Waals surface area (Å²) in [5.41, 5.74) is 2.03. The fourth-order valence-corrected chi connectivity index (χ4v) is 9.51. The van der Waals surface area contributed by atoms with E-state index >= 15 is 0 Å². The molecule has 6 aromatic rings. The molecule has 0 aliphatic carbocycles. The van der Waals surface area contributed by atoms with Crippen molar-refractivity contribution in [2.75, 3.05) is 20.3 Å². The molecule has 6 aromatic carbocycles. The number of methoxy groups -OCH3 is 1. The minimum absolute atomic E-state index is 0.0268. The highest BCUT2D eigenvalue weighted by Crippen LogP contribution is 2.40. The third kappa shape index (κ3) is 13.3. The molecule has 15 nitrogen and oxygen atoms in total. The van der Waals surface area contributed by atoms with Crippen molar-refractivity contribution < 1.29 is 71.3 Å². The largest absolute Gasteiger partial charge is 0.459 e. The minimum atomic E-state index is -1.74. The quantitative estimate of drug-likeness (QED) is 0.0662. The summed E-state index contributed by atoms with van der Waals surface area (Å²) in [6.45, 7) is -0.505. The third-order valence-corrected chi connectivity index (χ3v) is 14.3. The zero-order valence-electron chi connectivity index (χ0n) is 39.1. The second-order valence-corrected chi connectivity index (χ2v) is 20.8. The van der Waals surface area contributed by atoms with Crippen molar-refractivity contribution in [1.82, 2.24) is 0 Å². The van der Waals surface area contributed by atoms with Crippen molar-refractivity contribution in [1.29, 1.82) is 0 Å². The van der Waals surface area contributed by atoms with Crippen LogP contribution in [0, 0.1) is 0 Å². The summed E-state index contributed by atoms with van der Waals surface area (Å²) >= 11 is 13.6. The summed E-state index contributed by atoms with van der Waals surface area (Å²) in [6.07, 6.45) is -14.4. The monoisotopic (exact) mass is 1260 g/mol. The van der Waals surface area contributed by atoms with Gasteiger partial charge in [-0.1, -0.05) is 124 Å². The average Bonchev–Trinajstić information content (AvgIpc) is 3.42. The number of ether oxygens (including phenoxy) is 11. The van der Waals surface area contributed by atoms with Gasteiger partial charge < -0.3 is 52.1 Å². The average molecular weight is 1270 g/mol. The lowest BCUT2D eigenvalue weighted by Crippen LogP contribution is -2.68. The summed E-state index contributed by atoms with van der Waals surface area (Å²) in [5.74, 6) is -3.40. The molecule has 0 bridgehead atoms. The van der Waals surface area contributed by atoms with Crippen molar-refractivity contribution in [3.05, 3.63) is 209 Å². The summed E-state index contributed by atoms with van der Waals surface area (Å²) in [5, 5.41) is 0. The van der Waals surface area contributed by atoms with Gasteiger partial charge in [-0.25, -0.2) is 19.2 Å². The Labute approximate surface area is 459 Å². The first-order chi connectivity index (χ1) is 35.9. The second kappa shape index (κ2) is 25.1. The molecule has 0 unspecified atom stereocenters. The zero-order valence-corrected chi connectivity index (χ0v) is 45.5. The van der Waals surface area contributed by atoms with Crippen LogP contribution in [-0.2, 0) is 58.7 Å². The summed E-state index contributed by atoms with van der Waals surface area (Å²) in [7, 11) is 1.45. The van der Waals surface area contributed by atoms with E-state index in [2.05, 4.69) is 63.7 Å². The van der Waals surface area contributed by atoms with Gasteiger partial charge in [-0.3, -0.25) is 0 Å². The second-order valence-electron chi connectivity index (χ2n) is 17.1.